The molecule has 0 aliphatic heterocycles. The Morgan fingerprint density at radius 2 is 1.93 bits per heavy atom. The Kier molecular flexibility index (Phi) is 5.09. The highest BCUT2D eigenvalue weighted by Crippen LogP contribution is 2.26. The highest BCUT2D eigenvalue weighted by Gasteiger charge is 2.21. The second-order valence-electron chi connectivity index (χ2n) is 4.61. The van der Waals surface area contributed by atoms with E-state index in [-0.39, 0.29) is 12.1 Å². The van der Waals surface area contributed by atoms with Crippen LogP contribution in [0.4, 0.5) is 0 Å². The summed E-state index contributed by atoms with van der Waals surface area (Å²) in [7, 11) is 1.41. The Bertz CT molecular complexity index is 195. The summed E-state index contributed by atoms with van der Waals surface area (Å²) < 4.78 is 10.4. The van der Waals surface area contributed by atoms with Gasteiger partial charge in [0.05, 0.1) is 25.7 Å². The molecule has 1 rings (SSSR count). The average Bonchev–Trinajstić information content (AvgIpc) is 2.21. The molecule has 3 nitrogen and oxygen atoms in total. The van der Waals surface area contributed by atoms with Gasteiger partial charge in [-0.15, -0.1) is 0 Å². The number of esters is 1. The van der Waals surface area contributed by atoms with E-state index in [0.29, 0.717) is 12.5 Å². The van der Waals surface area contributed by atoms with Gasteiger partial charge in [0.15, 0.2) is 0 Å². The largest absolute Gasteiger partial charge is 0.469 e. The lowest BCUT2D eigenvalue weighted by atomic mass is 9.89. The van der Waals surface area contributed by atoms with Crippen molar-refractivity contribution in [2.75, 3.05) is 7.11 Å². The van der Waals surface area contributed by atoms with Gasteiger partial charge in [-0.05, 0) is 38.5 Å². The van der Waals surface area contributed by atoms with Crippen LogP contribution in [0, 0.1) is 5.92 Å². The summed E-state index contributed by atoms with van der Waals surface area (Å²) in [6.07, 6.45) is 5.45. The number of ether oxygens (including phenoxy) is 2. The summed E-state index contributed by atoms with van der Waals surface area (Å²) in [6, 6.07) is 0. The Labute approximate surface area is 92.1 Å². The minimum atomic E-state index is -0.188. The van der Waals surface area contributed by atoms with Crippen LogP contribution in [0.5, 0.6) is 0 Å². The molecule has 3 heteroatoms. The number of carbonyl (C=O) groups is 1. The van der Waals surface area contributed by atoms with E-state index in [9.17, 15) is 4.79 Å². The predicted octanol–water partition coefficient (Wildman–Crippen LogP) is 2.53. The first-order chi connectivity index (χ1) is 7.11. The zero-order chi connectivity index (χ0) is 11.3. The van der Waals surface area contributed by atoms with Gasteiger partial charge >= 0.3 is 5.97 Å². The molecule has 0 bridgehead atoms. The Hall–Kier alpha value is -0.570. The van der Waals surface area contributed by atoms with Crippen LogP contribution in [0.3, 0.4) is 0 Å². The van der Waals surface area contributed by atoms with Gasteiger partial charge in [-0.3, -0.25) is 4.79 Å². The molecule has 1 atom stereocenters. The molecule has 1 aliphatic rings. The SMILES string of the molecule is COC(=O)CC(C)OC1CCC(C)CC1. The van der Waals surface area contributed by atoms with Crippen molar-refractivity contribution in [3.05, 3.63) is 0 Å². The van der Waals surface area contributed by atoms with E-state index in [1.54, 1.807) is 0 Å². The summed E-state index contributed by atoms with van der Waals surface area (Å²) >= 11 is 0. The van der Waals surface area contributed by atoms with Crippen molar-refractivity contribution in [3.63, 3.8) is 0 Å². The molecule has 0 aromatic heterocycles. The van der Waals surface area contributed by atoms with Crippen LogP contribution in [0.2, 0.25) is 0 Å². The van der Waals surface area contributed by atoms with Crippen molar-refractivity contribution in [2.24, 2.45) is 5.92 Å². The third-order valence-electron chi connectivity index (χ3n) is 3.07. The number of carbonyl (C=O) groups excluding carboxylic acids is 1. The maximum atomic E-state index is 11.0. The Balaban J connectivity index is 2.20. The molecular formula is C12H22O3. The Morgan fingerprint density at radius 3 is 2.47 bits per heavy atom. The normalized spacial score (nSPS) is 28.5. The minimum Gasteiger partial charge on any atom is -0.469 e. The highest BCUT2D eigenvalue weighted by molar-refractivity contribution is 5.69. The molecule has 0 aromatic carbocycles. The predicted molar refractivity (Wildman–Crippen MR) is 58.6 cm³/mol. The lowest BCUT2D eigenvalue weighted by Crippen LogP contribution is -2.26. The van der Waals surface area contributed by atoms with Crippen molar-refractivity contribution in [3.8, 4) is 0 Å². The van der Waals surface area contributed by atoms with Crippen molar-refractivity contribution in [2.45, 2.75) is 58.2 Å². The van der Waals surface area contributed by atoms with E-state index in [2.05, 4.69) is 11.7 Å². The van der Waals surface area contributed by atoms with E-state index in [1.165, 1.54) is 20.0 Å². The third-order valence-corrected chi connectivity index (χ3v) is 3.07. The smallest absolute Gasteiger partial charge is 0.308 e. The van der Waals surface area contributed by atoms with E-state index in [1.807, 2.05) is 6.92 Å². The average molecular weight is 214 g/mol. The number of rotatable bonds is 4. The summed E-state index contributed by atoms with van der Waals surface area (Å²) in [5.74, 6) is 0.646. The maximum absolute atomic E-state index is 11.0. The van der Waals surface area contributed by atoms with Gasteiger partial charge in [0.25, 0.3) is 0 Å². The van der Waals surface area contributed by atoms with Gasteiger partial charge < -0.3 is 9.47 Å². The fraction of sp³-hybridized carbons (Fsp3) is 0.917. The molecule has 15 heavy (non-hydrogen) atoms. The monoisotopic (exact) mass is 214 g/mol. The van der Waals surface area contributed by atoms with Crippen LogP contribution < -0.4 is 0 Å². The fourth-order valence-electron chi connectivity index (χ4n) is 2.06. The molecule has 1 unspecified atom stereocenters. The van der Waals surface area contributed by atoms with Crippen molar-refractivity contribution >= 4 is 5.97 Å². The van der Waals surface area contributed by atoms with E-state index in [4.69, 9.17) is 4.74 Å². The minimum absolute atomic E-state index is 0.0177. The van der Waals surface area contributed by atoms with Crippen LogP contribution in [0.15, 0.2) is 0 Å². The Morgan fingerprint density at radius 1 is 1.33 bits per heavy atom. The van der Waals surface area contributed by atoms with Crippen LogP contribution in [0.1, 0.15) is 46.0 Å². The summed E-state index contributed by atoms with van der Waals surface area (Å²) in [5, 5.41) is 0. The molecule has 0 amide bonds. The van der Waals surface area contributed by atoms with Gasteiger partial charge in [-0.1, -0.05) is 6.92 Å². The summed E-state index contributed by atoms with van der Waals surface area (Å²) in [6.45, 7) is 4.23. The van der Waals surface area contributed by atoms with Gasteiger partial charge in [-0.2, -0.15) is 0 Å². The van der Waals surface area contributed by atoms with Crippen LogP contribution in [-0.2, 0) is 14.3 Å². The summed E-state index contributed by atoms with van der Waals surface area (Å²) in [4.78, 5) is 11.0. The van der Waals surface area contributed by atoms with Gasteiger partial charge in [0.2, 0.25) is 0 Å². The van der Waals surface area contributed by atoms with Gasteiger partial charge in [-0.25, -0.2) is 0 Å². The maximum Gasteiger partial charge on any atom is 0.308 e. The molecule has 0 aromatic rings. The number of hydrogen-bond donors (Lipinski definition) is 0. The molecule has 1 aliphatic carbocycles. The van der Waals surface area contributed by atoms with Crippen LogP contribution >= 0.6 is 0 Å². The third kappa shape index (κ3) is 4.65. The lowest BCUT2D eigenvalue weighted by molar-refractivity contribution is -0.145. The highest BCUT2D eigenvalue weighted by atomic mass is 16.5. The van der Waals surface area contributed by atoms with Gasteiger partial charge in [0, 0.05) is 0 Å². The van der Waals surface area contributed by atoms with Crippen molar-refractivity contribution in [1.82, 2.24) is 0 Å². The zero-order valence-electron chi connectivity index (χ0n) is 9.99. The quantitative estimate of drug-likeness (QED) is 0.675. The zero-order valence-corrected chi connectivity index (χ0v) is 9.99. The molecule has 0 radical (unpaired) electrons. The first kappa shape index (κ1) is 12.5. The molecule has 88 valence electrons. The lowest BCUT2D eigenvalue weighted by Gasteiger charge is -2.28. The molecule has 0 saturated heterocycles. The van der Waals surface area contributed by atoms with E-state index in [0.717, 1.165) is 18.8 Å². The molecule has 0 spiro atoms. The first-order valence-corrected chi connectivity index (χ1v) is 5.84. The van der Waals surface area contributed by atoms with E-state index >= 15 is 0 Å². The summed E-state index contributed by atoms with van der Waals surface area (Å²) in [5.41, 5.74) is 0. The first-order valence-electron chi connectivity index (χ1n) is 5.84. The van der Waals surface area contributed by atoms with Crippen molar-refractivity contribution in [1.29, 1.82) is 0 Å². The topological polar surface area (TPSA) is 35.5 Å². The molecule has 0 heterocycles. The van der Waals surface area contributed by atoms with Crippen LogP contribution in [0.25, 0.3) is 0 Å². The molecule has 1 fully saturated rings. The molecular weight excluding hydrogens is 192 g/mol. The number of methoxy groups -OCH3 is 1. The van der Waals surface area contributed by atoms with E-state index < -0.39 is 0 Å². The second kappa shape index (κ2) is 6.11. The standard InChI is InChI=1S/C12H22O3/c1-9-4-6-11(7-5-9)15-10(2)8-12(13)14-3/h9-11H,4-8H2,1-3H3. The van der Waals surface area contributed by atoms with Crippen molar-refractivity contribution < 1.29 is 14.3 Å². The van der Waals surface area contributed by atoms with Gasteiger partial charge in [0.1, 0.15) is 0 Å². The number of hydrogen-bond acceptors (Lipinski definition) is 3. The second-order valence-corrected chi connectivity index (χ2v) is 4.61. The molecule has 1 saturated carbocycles. The van der Waals surface area contributed by atoms with Crippen LogP contribution in [-0.4, -0.2) is 25.3 Å². The molecule has 0 N–H and O–H groups in total. The fourth-order valence-corrected chi connectivity index (χ4v) is 2.06.